The quantitative estimate of drug-likeness (QED) is 0.536. The molecular weight excluding hydrogens is 131 g/mol. The highest BCUT2D eigenvalue weighted by atomic mass is 19.1. The molecule has 0 unspecified atom stereocenters. The summed E-state index contributed by atoms with van der Waals surface area (Å²) < 4.78 is 12.3. The standard InChI is InChI=1S/C7H5FN2/c1-9-3-6-2-7(8)5-10-4-6/h2,4-5H,3H2. The summed E-state index contributed by atoms with van der Waals surface area (Å²) in [6.45, 7) is 6.68. The van der Waals surface area contributed by atoms with Crippen LogP contribution in [0, 0.1) is 12.4 Å². The van der Waals surface area contributed by atoms with Gasteiger partial charge in [-0.1, -0.05) is 0 Å². The summed E-state index contributed by atoms with van der Waals surface area (Å²) in [5.74, 6) is -0.388. The van der Waals surface area contributed by atoms with Crippen LogP contribution in [0.15, 0.2) is 18.5 Å². The van der Waals surface area contributed by atoms with Crippen LogP contribution in [0.4, 0.5) is 4.39 Å². The van der Waals surface area contributed by atoms with Crippen molar-refractivity contribution in [3.63, 3.8) is 0 Å². The predicted molar refractivity (Wildman–Crippen MR) is 34.5 cm³/mol. The highest BCUT2D eigenvalue weighted by Gasteiger charge is 1.95. The van der Waals surface area contributed by atoms with Crippen molar-refractivity contribution in [2.24, 2.45) is 0 Å². The van der Waals surface area contributed by atoms with Crippen molar-refractivity contribution in [1.82, 2.24) is 4.98 Å². The Morgan fingerprint density at radius 1 is 1.60 bits per heavy atom. The number of halogens is 1. The van der Waals surface area contributed by atoms with E-state index in [9.17, 15) is 4.39 Å². The van der Waals surface area contributed by atoms with Gasteiger partial charge in [-0.05, 0) is 6.07 Å². The summed E-state index contributed by atoms with van der Waals surface area (Å²) in [5, 5.41) is 0. The van der Waals surface area contributed by atoms with Gasteiger partial charge in [0, 0.05) is 6.20 Å². The molecular formula is C7H5FN2. The molecule has 1 rings (SSSR count). The van der Waals surface area contributed by atoms with Gasteiger partial charge in [-0.3, -0.25) is 4.98 Å². The van der Waals surface area contributed by atoms with Crippen molar-refractivity contribution in [3.05, 3.63) is 41.3 Å². The molecule has 0 aromatic carbocycles. The molecule has 0 amide bonds. The molecule has 0 aliphatic carbocycles. The molecule has 2 nitrogen and oxygen atoms in total. The van der Waals surface area contributed by atoms with Crippen LogP contribution in [0.1, 0.15) is 5.56 Å². The second kappa shape index (κ2) is 2.92. The first-order valence-corrected chi connectivity index (χ1v) is 2.75. The zero-order chi connectivity index (χ0) is 7.40. The number of hydrogen-bond acceptors (Lipinski definition) is 1. The molecule has 0 aliphatic rings. The number of rotatable bonds is 1. The van der Waals surface area contributed by atoms with E-state index in [1.165, 1.54) is 12.3 Å². The van der Waals surface area contributed by atoms with Crippen LogP contribution in [0.5, 0.6) is 0 Å². The lowest BCUT2D eigenvalue weighted by Crippen LogP contribution is -1.83. The lowest BCUT2D eigenvalue weighted by atomic mass is 10.3. The monoisotopic (exact) mass is 136 g/mol. The van der Waals surface area contributed by atoms with E-state index in [1.54, 1.807) is 0 Å². The molecule has 50 valence electrons. The van der Waals surface area contributed by atoms with Gasteiger partial charge in [0.05, 0.1) is 11.8 Å². The lowest BCUT2D eigenvalue weighted by molar-refractivity contribution is 0.619. The number of aromatic nitrogens is 1. The normalized spacial score (nSPS) is 8.80. The molecule has 1 heterocycles. The summed E-state index contributed by atoms with van der Waals surface area (Å²) in [6, 6.07) is 1.31. The Hall–Kier alpha value is -1.43. The van der Waals surface area contributed by atoms with E-state index < -0.39 is 0 Å². The van der Waals surface area contributed by atoms with Crippen molar-refractivity contribution >= 4 is 0 Å². The average Bonchev–Trinajstić information content (AvgIpc) is 1.88. The minimum absolute atomic E-state index is 0.199. The first kappa shape index (κ1) is 6.69. The summed E-state index contributed by atoms with van der Waals surface area (Å²) >= 11 is 0. The van der Waals surface area contributed by atoms with Crippen molar-refractivity contribution in [1.29, 1.82) is 0 Å². The zero-order valence-electron chi connectivity index (χ0n) is 5.21. The molecule has 0 N–H and O–H groups in total. The highest BCUT2D eigenvalue weighted by molar-refractivity contribution is 5.11. The molecule has 0 radical (unpaired) electrons. The predicted octanol–water partition coefficient (Wildman–Crippen LogP) is 1.64. The summed E-state index contributed by atoms with van der Waals surface area (Å²) in [5.41, 5.74) is 0.620. The Morgan fingerprint density at radius 3 is 3.00 bits per heavy atom. The fraction of sp³-hybridized carbons (Fsp3) is 0.143. The maximum Gasteiger partial charge on any atom is 0.241 e. The molecule has 0 aliphatic heterocycles. The number of pyridine rings is 1. The summed E-state index contributed by atoms with van der Waals surface area (Å²) in [7, 11) is 0. The minimum Gasteiger partial charge on any atom is -0.312 e. The van der Waals surface area contributed by atoms with Crippen molar-refractivity contribution in [3.8, 4) is 0 Å². The Labute approximate surface area is 58.1 Å². The Kier molecular flexibility index (Phi) is 1.96. The van der Waals surface area contributed by atoms with Crippen LogP contribution in [-0.4, -0.2) is 4.98 Å². The van der Waals surface area contributed by atoms with Crippen LogP contribution in [0.2, 0.25) is 0 Å². The fourth-order valence-corrected chi connectivity index (χ4v) is 0.634. The largest absolute Gasteiger partial charge is 0.312 e. The van der Waals surface area contributed by atoms with Crippen LogP contribution in [0.25, 0.3) is 4.85 Å². The topological polar surface area (TPSA) is 17.2 Å². The Balaban J connectivity index is 2.87. The van der Waals surface area contributed by atoms with Crippen LogP contribution < -0.4 is 0 Å². The van der Waals surface area contributed by atoms with Gasteiger partial charge in [0.1, 0.15) is 5.82 Å². The minimum atomic E-state index is -0.388. The van der Waals surface area contributed by atoms with Gasteiger partial charge >= 0.3 is 0 Å². The molecule has 0 saturated carbocycles. The van der Waals surface area contributed by atoms with Gasteiger partial charge in [-0.15, -0.1) is 0 Å². The first-order chi connectivity index (χ1) is 4.83. The van der Waals surface area contributed by atoms with E-state index in [1.807, 2.05) is 0 Å². The third kappa shape index (κ3) is 1.52. The zero-order valence-corrected chi connectivity index (χ0v) is 5.21. The van der Waals surface area contributed by atoms with Crippen molar-refractivity contribution < 1.29 is 4.39 Å². The smallest absolute Gasteiger partial charge is 0.241 e. The average molecular weight is 136 g/mol. The van der Waals surface area contributed by atoms with E-state index in [0.29, 0.717) is 5.56 Å². The van der Waals surface area contributed by atoms with Crippen molar-refractivity contribution in [2.45, 2.75) is 6.54 Å². The summed E-state index contributed by atoms with van der Waals surface area (Å²) in [4.78, 5) is 6.67. The molecule has 1 aromatic heterocycles. The van der Waals surface area contributed by atoms with Gasteiger partial charge in [-0.2, -0.15) is 0 Å². The van der Waals surface area contributed by atoms with Gasteiger partial charge < -0.3 is 4.85 Å². The third-order valence-corrected chi connectivity index (χ3v) is 1.02. The molecule has 0 fully saturated rings. The first-order valence-electron chi connectivity index (χ1n) is 2.75. The lowest BCUT2D eigenvalue weighted by Gasteiger charge is -1.88. The second-order valence-corrected chi connectivity index (χ2v) is 1.83. The maximum absolute atomic E-state index is 12.3. The fourth-order valence-electron chi connectivity index (χ4n) is 0.634. The van der Waals surface area contributed by atoms with Gasteiger partial charge in [0.25, 0.3) is 0 Å². The van der Waals surface area contributed by atoms with Crippen molar-refractivity contribution in [2.75, 3.05) is 0 Å². The van der Waals surface area contributed by atoms with E-state index in [4.69, 9.17) is 6.57 Å². The van der Waals surface area contributed by atoms with E-state index in [0.717, 1.165) is 6.20 Å². The number of hydrogen-bond donors (Lipinski definition) is 0. The Bertz CT molecular complexity index is 265. The van der Waals surface area contributed by atoms with E-state index in [-0.39, 0.29) is 12.4 Å². The SMILES string of the molecule is [C-]#[N+]Cc1cncc(F)c1. The molecule has 0 spiro atoms. The highest BCUT2D eigenvalue weighted by Crippen LogP contribution is 2.01. The van der Waals surface area contributed by atoms with Crippen LogP contribution in [0.3, 0.4) is 0 Å². The molecule has 0 bridgehead atoms. The summed E-state index contributed by atoms with van der Waals surface area (Å²) in [6.07, 6.45) is 2.61. The molecule has 3 heteroatoms. The molecule has 10 heavy (non-hydrogen) atoms. The number of nitrogens with zero attached hydrogens (tertiary/aromatic N) is 2. The molecule has 1 aromatic rings. The maximum atomic E-state index is 12.3. The van der Waals surface area contributed by atoms with Crippen LogP contribution in [-0.2, 0) is 6.54 Å². The third-order valence-electron chi connectivity index (χ3n) is 1.02. The van der Waals surface area contributed by atoms with Gasteiger partial charge in [-0.25, -0.2) is 11.0 Å². The van der Waals surface area contributed by atoms with Gasteiger partial charge in [0.2, 0.25) is 6.54 Å². The van der Waals surface area contributed by atoms with Gasteiger partial charge in [0.15, 0.2) is 0 Å². The van der Waals surface area contributed by atoms with Crippen LogP contribution >= 0.6 is 0 Å². The second-order valence-electron chi connectivity index (χ2n) is 1.83. The molecule has 0 atom stereocenters. The van der Waals surface area contributed by atoms with E-state index in [2.05, 4.69) is 9.83 Å². The van der Waals surface area contributed by atoms with E-state index >= 15 is 0 Å². The molecule has 0 saturated heterocycles. The Morgan fingerprint density at radius 2 is 2.40 bits per heavy atom.